The van der Waals surface area contributed by atoms with Gasteiger partial charge < -0.3 is 15.0 Å². The first-order valence-electron chi connectivity index (χ1n) is 7.74. The average Bonchev–Trinajstić information content (AvgIpc) is 2.86. The minimum absolute atomic E-state index is 0.115. The van der Waals surface area contributed by atoms with E-state index in [4.69, 9.17) is 4.74 Å². The summed E-state index contributed by atoms with van der Waals surface area (Å²) >= 11 is 0. The molecule has 5 heteroatoms. The van der Waals surface area contributed by atoms with Crippen LogP contribution in [0.1, 0.15) is 45.7 Å². The Morgan fingerprint density at radius 3 is 2.59 bits per heavy atom. The lowest BCUT2D eigenvalue weighted by atomic mass is 10.1. The molecule has 1 heterocycles. The number of ether oxygens (including phenoxy) is 1. The van der Waals surface area contributed by atoms with E-state index in [-0.39, 0.29) is 24.0 Å². The van der Waals surface area contributed by atoms with Crippen molar-refractivity contribution in [1.29, 1.82) is 0 Å². The van der Waals surface area contributed by atoms with Gasteiger partial charge >= 0.3 is 6.09 Å². The summed E-state index contributed by atoms with van der Waals surface area (Å²) in [5.74, 6) is -0.229. The molecular formula is C17H25FN2O2. The Kier molecular flexibility index (Phi) is 5.06. The molecule has 1 aliphatic heterocycles. The molecule has 4 nitrogen and oxygen atoms in total. The van der Waals surface area contributed by atoms with Crippen LogP contribution in [0.2, 0.25) is 0 Å². The Morgan fingerprint density at radius 2 is 2.00 bits per heavy atom. The Balaban J connectivity index is 1.85. The van der Waals surface area contributed by atoms with Crippen LogP contribution in [0.5, 0.6) is 0 Å². The summed E-state index contributed by atoms with van der Waals surface area (Å²) in [7, 11) is 0. The Morgan fingerprint density at radius 1 is 1.36 bits per heavy atom. The maximum Gasteiger partial charge on any atom is 0.410 e. The van der Waals surface area contributed by atoms with Crippen molar-refractivity contribution < 1.29 is 13.9 Å². The molecule has 1 saturated heterocycles. The average molecular weight is 308 g/mol. The third-order valence-corrected chi connectivity index (χ3v) is 3.70. The minimum atomic E-state index is -0.468. The molecule has 0 radical (unpaired) electrons. The first-order valence-corrected chi connectivity index (χ1v) is 7.74. The number of nitrogens with one attached hydrogen (secondary N) is 1. The Bertz CT molecular complexity index is 510. The zero-order valence-electron chi connectivity index (χ0n) is 13.7. The predicted molar refractivity (Wildman–Crippen MR) is 84.2 cm³/mol. The van der Waals surface area contributed by atoms with Crippen molar-refractivity contribution in [2.75, 3.05) is 13.1 Å². The molecule has 1 N–H and O–H groups in total. The molecule has 2 atom stereocenters. The van der Waals surface area contributed by atoms with Crippen LogP contribution in [0.25, 0.3) is 0 Å². The topological polar surface area (TPSA) is 41.6 Å². The van der Waals surface area contributed by atoms with Crippen LogP contribution < -0.4 is 5.32 Å². The third-order valence-electron chi connectivity index (χ3n) is 3.70. The lowest BCUT2D eigenvalue weighted by Crippen LogP contribution is -2.39. The Hall–Kier alpha value is -1.62. The number of halogens is 1. The zero-order valence-corrected chi connectivity index (χ0v) is 13.7. The van der Waals surface area contributed by atoms with E-state index < -0.39 is 5.60 Å². The lowest BCUT2D eigenvalue weighted by Gasteiger charge is -2.25. The smallest absolute Gasteiger partial charge is 0.410 e. The lowest BCUT2D eigenvalue weighted by molar-refractivity contribution is 0.0290. The van der Waals surface area contributed by atoms with Gasteiger partial charge in [0.05, 0.1) is 0 Å². The minimum Gasteiger partial charge on any atom is -0.444 e. The summed E-state index contributed by atoms with van der Waals surface area (Å²) in [6.07, 6.45) is 0.636. The fourth-order valence-corrected chi connectivity index (χ4v) is 2.59. The maximum absolute atomic E-state index is 13.0. The zero-order chi connectivity index (χ0) is 16.3. The molecule has 2 rings (SSSR count). The second-order valence-electron chi connectivity index (χ2n) is 6.85. The van der Waals surface area contributed by atoms with Gasteiger partial charge in [-0.2, -0.15) is 0 Å². The van der Waals surface area contributed by atoms with Crippen LogP contribution in [-0.4, -0.2) is 35.7 Å². The number of nitrogens with zero attached hydrogens (tertiary/aromatic N) is 1. The first kappa shape index (κ1) is 16.7. The Labute approximate surface area is 131 Å². The highest BCUT2D eigenvalue weighted by atomic mass is 19.1. The van der Waals surface area contributed by atoms with Crippen molar-refractivity contribution in [2.45, 2.75) is 51.8 Å². The number of carbonyl (C=O) groups excluding carboxylic acids is 1. The van der Waals surface area contributed by atoms with Gasteiger partial charge in [0, 0.05) is 25.2 Å². The molecule has 1 fully saturated rings. The van der Waals surface area contributed by atoms with Gasteiger partial charge in [0.1, 0.15) is 11.4 Å². The van der Waals surface area contributed by atoms with E-state index in [1.54, 1.807) is 17.0 Å². The molecule has 0 bridgehead atoms. The molecule has 122 valence electrons. The van der Waals surface area contributed by atoms with Crippen molar-refractivity contribution >= 4 is 6.09 Å². The highest BCUT2D eigenvalue weighted by Crippen LogP contribution is 2.19. The van der Waals surface area contributed by atoms with Gasteiger partial charge in [-0.25, -0.2) is 9.18 Å². The second kappa shape index (κ2) is 6.65. The van der Waals surface area contributed by atoms with E-state index in [1.165, 1.54) is 12.1 Å². The second-order valence-corrected chi connectivity index (χ2v) is 6.85. The molecular weight excluding hydrogens is 283 g/mol. The number of benzene rings is 1. The molecule has 0 spiro atoms. The largest absolute Gasteiger partial charge is 0.444 e. The summed E-state index contributed by atoms with van der Waals surface area (Å²) in [5, 5.41) is 3.49. The van der Waals surface area contributed by atoms with E-state index in [0.29, 0.717) is 13.1 Å². The van der Waals surface area contributed by atoms with Crippen LogP contribution >= 0.6 is 0 Å². The molecule has 0 aliphatic carbocycles. The maximum atomic E-state index is 13.0. The molecule has 1 aromatic rings. The highest BCUT2D eigenvalue weighted by Gasteiger charge is 2.30. The van der Waals surface area contributed by atoms with Gasteiger partial charge in [0.15, 0.2) is 0 Å². The van der Waals surface area contributed by atoms with Crippen LogP contribution in [0, 0.1) is 5.82 Å². The van der Waals surface area contributed by atoms with Crippen molar-refractivity contribution in [3.05, 3.63) is 35.6 Å². The number of rotatable bonds is 3. The summed E-state index contributed by atoms with van der Waals surface area (Å²) in [6.45, 7) is 8.99. The standard InChI is InChI=1S/C17H25FN2O2/c1-12(13-5-7-14(18)8-6-13)19-15-9-10-20(11-15)16(21)22-17(2,3)4/h5-8,12,15,19H,9-11H2,1-4H3/t12-,15?/m0/s1. The highest BCUT2D eigenvalue weighted by molar-refractivity contribution is 5.68. The quantitative estimate of drug-likeness (QED) is 0.929. The van der Waals surface area contributed by atoms with E-state index in [2.05, 4.69) is 5.32 Å². The molecule has 0 saturated carbocycles. The van der Waals surface area contributed by atoms with Crippen LogP contribution in [-0.2, 0) is 4.74 Å². The summed E-state index contributed by atoms with van der Waals surface area (Å²) < 4.78 is 18.3. The van der Waals surface area contributed by atoms with Crippen LogP contribution in [0.3, 0.4) is 0 Å². The van der Waals surface area contributed by atoms with Crippen molar-refractivity contribution in [3.8, 4) is 0 Å². The van der Waals surface area contributed by atoms with Gasteiger partial charge in [0.25, 0.3) is 0 Å². The first-order chi connectivity index (χ1) is 10.2. The van der Waals surface area contributed by atoms with E-state index in [0.717, 1.165) is 12.0 Å². The van der Waals surface area contributed by atoms with Gasteiger partial charge in [-0.1, -0.05) is 12.1 Å². The van der Waals surface area contributed by atoms with Crippen LogP contribution in [0.15, 0.2) is 24.3 Å². The predicted octanol–water partition coefficient (Wildman–Crippen LogP) is 3.49. The van der Waals surface area contributed by atoms with E-state index in [9.17, 15) is 9.18 Å². The van der Waals surface area contributed by atoms with Crippen LogP contribution in [0.4, 0.5) is 9.18 Å². The molecule has 1 aliphatic rings. The van der Waals surface area contributed by atoms with E-state index >= 15 is 0 Å². The number of carbonyl (C=O) groups is 1. The fourth-order valence-electron chi connectivity index (χ4n) is 2.59. The van der Waals surface area contributed by atoms with Crippen molar-refractivity contribution in [1.82, 2.24) is 10.2 Å². The fraction of sp³-hybridized carbons (Fsp3) is 0.588. The summed E-state index contributed by atoms with van der Waals surface area (Å²) in [5.41, 5.74) is 0.571. The molecule has 1 aromatic carbocycles. The molecule has 0 aromatic heterocycles. The number of amides is 1. The van der Waals surface area contributed by atoms with Gasteiger partial charge in [-0.3, -0.25) is 0 Å². The molecule has 22 heavy (non-hydrogen) atoms. The number of hydrogen-bond donors (Lipinski definition) is 1. The third kappa shape index (κ3) is 4.70. The van der Waals surface area contributed by atoms with Crippen molar-refractivity contribution in [2.24, 2.45) is 0 Å². The SMILES string of the molecule is C[C@H](NC1CCN(C(=O)OC(C)(C)C)C1)c1ccc(F)cc1. The molecule has 1 amide bonds. The van der Waals surface area contributed by atoms with Gasteiger partial charge in [-0.05, 0) is 51.8 Å². The van der Waals surface area contributed by atoms with Crippen molar-refractivity contribution in [3.63, 3.8) is 0 Å². The van der Waals surface area contributed by atoms with E-state index in [1.807, 2.05) is 27.7 Å². The summed E-state index contributed by atoms with van der Waals surface area (Å²) in [4.78, 5) is 13.8. The summed E-state index contributed by atoms with van der Waals surface area (Å²) in [6, 6.07) is 6.85. The molecule has 1 unspecified atom stereocenters. The number of hydrogen-bond acceptors (Lipinski definition) is 3. The normalized spacial score (nSPS) is 20.0. The number of likely N-dealkylation sites (tertiary alicyclic amines) is 1. The monoisotopic (exact) mass is 308 g/mol. The van der Waals surface area contributed by atoms with Gasteiger partial charge in [0.2, 0.25) is 0 Å². The van der Waals surface area contributed by atoms with Gasteiger partial charge in [-0.15, -0.1) is 0 Å².